The predicted octanol–water partition coefficient (Wildman–Crippen LogP) is 1.80. The second kappa shape index (κ2) is 7.22. The van der Waals surface area contributed by atoms with Crippen LogP contribution in [0, 0.1) is 20.8 Å². The smallest absolute Gasteiger partial charge is 0.315 e. The Balaban J connectivity index is 1.79. The van der Waals surface area contributed by atoms with Crippen molar-refractivity contribution in [2.75, 3.05) is 6.54 Å². The standard InChI is InChI=1S/C15H20N4O2S/c1-9-6-10(2)19-14(20)12(9)7-17-15(21)16-5-4-13-18-11(3)8-22-13/h6,8H,4-5,7H2,1-3H3,(H,19,20)(H2,16,17,21). The molecule has 3 N–H and O–H groups in total. The Hall–Kier alpha value is -2.15. The third-order valence-corrected chi connectivity index (χ3v) is 4.24. The molecule has 2 aromatic heterocycles. The SMILES string of the molecule is Cc1csc(CCNC(=O)NCc2c(C)cc(C)[nH]c2=O)n1. The average molecular weight is 320 g/mol. The Labute approximate surface area is 133 Å². The lowest BCUT2D eigenvalue weighted by atomic mass is 10.1. The monoisotopic (exact) mass is 320 g/mol. The number of pyridine rings is 1. The maximum atomic E-state index is 11.8. The van der Waals surface area contributed by atoms with Crippen LogP contribution in [0.4, 0.5) is 4.79 Å². The molecule has 0 bridgehead atoms. The third kappa shape index (κ3) is 4.42. The highest BCUT2D eigenvalue weighted by atomic mass is 32.1. The van der Waals surface area contributed by atoms with Gasteiger partial charge in [-0.3, -0.25) is 4.79 Å². The number of amides is 2. The largest absolute Gasteiger partial charge is 0.338 e. The highest BCUT2D eigenvalue weighted by Crippen LogP contribution is 2.08. The average Bonchev–Trinajstić information content (AvgIpc) is 2.83. The van der Waals surface area contributed by atoms with Gasteiger partial charge in [0.1, 0.15) is 0 Å². The van der Waals surface area contributed by atoms with Gasteiger partial charge in [0, 0.05) is 35.3 Å². The third-order valence-electron chi connectivity index (χ3n) is 3.21. The molecule has 0 aliphatic carbocycles. The van der Waals surface area contributed by atoms with E-state index in [1.165, 1.54) is 0 Å². The molecule has 2 heterocycles. The Bertz CT molecular complexity index is 721. The van der Waals surface area contributed by atoms with Crippen molar-refractivity contribution in [3.8, 4) is 0 Å². The van der Waals surface area contributed by atoms with Gasteiger partial charge in [0.15, 0.2) is 0 Å². The summed E-state index contributed by atoms with van der Waals surface area (Å²) in [6, 6.07) is 1.61. The Kier molecular flexibility index (Phi) is 5.32. The van der Waals surface area contributed by atoms with Gasteiger partial charge < -0.3 is 15.6 Å². The van der Waals surface area contributed by atoms with Crippen LogP contribution in [0.15, 0.2) is 16.2 Å². The summed E-state index contributed by atoms with van der Waals surface area (Å²) in [6.07, 6.45) is 0.704. The van der Waals surface area contributed by atoms with Gasteiger partial charge in [0.2, 0.25) is 0 Å². The van der Waals surface area contributed by atoms with Crippen LogP contribution < -0.4 is 16.2 Å². The maximum Gasteiger partial charge on any atom is 0.315 e. The molecular weight excluding hydrogens is 300 g/mol. The summed E-state index contributed by atoms with van der Waals surface area (Å²) in [5.41, 5.74) is 3.11. The molecule has 2 rings (SSSR count). The fourth-order valence-corrected chi connectivity index (χ4v) is 2.91. The Morgan fingerprint density at radius 3 is 2.73 bits per heavy atom. The number of hydrogen-bond donors (Lipinski definition) is 3. The second-order valence-corrected chi connectivity index (χ2v) is 6.13. The molecule has 118 valence electrons. The lowest BCUT2D eigenvalue weighted by Gasteiger charge is -2.09. The summed E-state index contributed by atoms with van der Waals surface area (Å²) in [7, 11) is 0. The molecule has 0 aliphatic heterocycles. The molecule has 0 aromatic carbocycles. The molecule has 22 heavy (non-hydrogen) atoms. The zero-order chi connectivity index (χ0) is 16.1. The van der Waals surface area contributed by atoms with Crippen LogP contribution in [-0.2, 0) is 13.0 Å². The number of nitrogens with zero attached hydrogens (tertiary/aromatic N) is 1. The van der Waals surface area contributed by atoms with E-state index in [0.29, 0.717) is 18.5 Å². The van der Waals surface area contributed by atoms with E-state index in [4.69, 9.17) is 0 Å². The normalized spacial score (nSPS) is 10.5. The van der Waals surface area contributed by atoms with Crippen LogP contribution in [0.1, 0.15) is 27.5 Å². The van der Waals surface area contributed by atoms with Gasteiger partial charge in [-0.25, -0.2) is 9.78 Å². The summed E-state index contributed by atoms with van der Waals surface area (Å²) < 4.78 is 0. The van der Waals surface area contributed by atoms with Crippen molar-refractivity contribution in [1.29, 1.82) is 0 Å². The van der Waals surface area contributed by atoms with Crippen molar-refractivity contribution in [3.05, 3.63) is 49.3 Å². The minimum Gasteiger partial charge on any atom is -0.338 e. The van der Waals surface area contributed by atoms with Gasteiger partial charge in [-0.05, 0) is 32.4 Å². The van der Waals surface area contributed by atoms with Gasteiger partial charge in [-0.15, -0.1) is 11.3 Å². The van der Waals surface area contributed by atoms with Crippen molar-refractivity contribution >= 4 is 17.4 Å². The minimum atomic E-state index is -0.285. The number of H-pyrrole nitrogens is 1. The minimum absolute atomic E-state index is 0.156. The lowest BCUT2D eigenvalue weighted by Crippen LogP contribution is -2.37. The second-order valence-electron chi connectivity index (χ2n) is 5.19. The lowest BCUT2D eigenvalue weighted by molar-refractivity contribution is 0.240. The summed E-state index contributed by atoms with van der Waals surface area (Å²) in [5.74, 6) is 0. The first-order valence-corrected chi connectivity index (χ1v) is 7.96. The van der Waals surface area contributed by atoms with E-state index in [9.17, 15) is 9.59 Å². The number of nitrogens with one attached hydrogen (secondary N) is 3. The quantitative estimate of drug-likeness (QED) is 0.785. The Morgan fingerprint density at radius 1 is 1.32 bits per heavy atom. The van der Waals surface area contributed by atoms with Crippen molar-refractivity contribution in [3.63, 3.8) is 0 Å². The summed E-state index contributed by atoms with van der Waals surface area (Å²) in [5, 5.41) is 8.46. The molecule has 0 spiro atoms. The molecule has 6 nitrogen and oxygen atoms in total. The highest BCUT2D eigenvalue weighted by Gasteiger charge is 2.07. The molecular formula is C15H20N4O2S. The fraction of sp³-hybridized carbons (Fsp3) is 0.400. The first-order valence-electron chi connectivity index (χ1n) is 7.08. The zero-order valence-corrected chi connectivity index (χ0v) is 13.8. The van der Waals surface area contributed by atoms with E-state index in [0.717, 1.165) is 22.0 Å². The number of carbonyl (C=O) groups excluding carboxylic acids is 1. The highest BCUT2D eigenvalue weighted by molar-refractivity contribution is 7.09. The molecule has 0 fully saturated rings. The van der Waals surface area contributed by atoms with Crippen LogP contribution in [0.25, 0.3) is 0 Å². The summed E-state index contributed by atoms with van der Waals surface area (Å²) in [4.78, 5) is 30.7. The molecule has 0 radical (unpaired) electrons. The van der Waals surface area contributed by atoms with Crippen molar-refractivity contribution in [2.45, 2.75) is 33.7 Å². The topological polar surface area (TPSA) is 86.9 Å². The van der Waals surface area contributed by atoms with E-state index in [-0.39, 0.29) is 18.1 Å². The van der Waals surface area contributed by atoms with Crippen LogP contribution in [0.3, 0.4) is 0 Å². The van der Waals surface area contributed by atoms with E-state index in [1.807, 2.05) is 32.2 Å². The maximum absolute atomic E-state index is 11.8. The summed E-state index contributed by atoms with van der Waals surface area (Å²) >= 11 is 1.59. The van der Waals surface area contributed by atoms with E-state index >= 15 is 0 Å². The van der Waals surface area contributed by atoms with Crippen molar-refractivity contribution in [2.24, 2.45) is 0 Å². The number of thiazole rings is 1. The van der Waals surface area contributed by atoms with Crippen molar-refractivity contribution in [1.82, 2.24) is 20.6 Å². The van der Waals surface area contributed by atoms with Crippen LogP contribution in [0.2, 0.25) is 0 Å². The van der Waals surface area contributed by atoms with E-state index in [2.05, 4.69) is 20.6 Å². The van der Waals surface area contributed by atoms with Gasteiger partial charge in [0.05, 0.1) is 11.6 Å². The van der Waals surface area contributed by atoms with E-state index < -0.39 is 0 Å². The molecule has 2 aromatic rings. The van der Waals surface area contributed by atoms with Gasteiger partial charge in [-0.1, -0.05) is 0 Å². The molecule has 7 heteroatoms. The molecule has 0 saturated heterocycles. The fourth-order valence-electron chi connectivity index (χ4n) is 2.13. The summed E-state index contributed by atoms with van der Waals surface area (Å²) in [6.45, 7) is 6.37. The number of aryl methyl sites for hydroxylation is 3. The van der Waals surface area contributed by atoms with Gasteiger partial charge in [0.25, 0.3) is 5.56 Å². The molecule has 2 amide bonds. The number of carbonyl (C=O) groups is 1. The number of hydrogen-bond acceptors (Lipinski definition) is 4. The number of aromatic nitrogens is 2. The van der Waals surface area contributed by atoms with E-state index in [1.54, 1.807) is 11.3 Å². The van der Waals surface area contributed by atoms with Gasteiger partial charge in [-0.2, -0.15) is 0 Å². The van der Waals surface area contributed by atoms with Crippen LogP contribution in [0.5, 0.6) is 0 Å². The van der Waals surface area contributed by atoms with Crippen LogP contribution >= 0.6 is 11.3 Å². The zero-order valence-electron chi connectivity index (χ0n) is 12.9. The first kappa shape index (κ1) is 16.2. The number of rotatable bonds is 5. The molecule has 0 aliphatic rings. The van der Waals surface area contributed by atoms with Crippen molar-refractivity contribution < 1.29 is 4.79 Å². The first-order chi connectivity index (χ1) is 10.5. The molecule has 0 unspecified atom stereocenters. The number of aromatic amines is 1. The predicted molar refractivity (Wildman–Crippen MR) is 87.3 cm³/mol. The van der Waals surface area contributed by atoms with Crippen LogP contribution in [-0.4, -0.2) is 22.5 Å². The molecule has 0 atom stereocenters. The number of urea groups is 1. The Morgan fingerprint density at radius 2 is 2.09 bits per heavy atom. The molecule has 0 saturated carbocycles. The van der Waals surface area contributed by atoms with Gasteiger partial charge >= 0.3 is 6.03 Å².